The lowest BCUT2D eigenvalue weighted by Gasteiger charge is -2.71. The Bertz CT molecular complexity index is 850. The minimum absolute atomic E-state index is 0.0320. The van der Waals surface area contributed by atoms with Crippen LogP contribution in [-0.4, -0.2) is 56.0 Å². The van der Waals surface area contributed by atoms with Gasteiger partial charge in [0, 0.05) is 0 Å². The predicted octanol–water partition coefficient (Wildman–Crippen LogP) is 4.68. The third-order valence-corrected chi connectivity index (χ3v) is 13.1. The topological polar surface area (TPSA) is 90.2 Å². The molecule has 12 atom stereocenters. The first-order valence-corrected chi connectivity index (χ1v) is 14.4. The lowest BCUT2D eigenvalue weighted by Crippen LogP contribution is -2.69. The third kappa shape index (κ3) is 3.36. The van der Waals surface area contributed by atoms with Crippen molar-refractivity contribution >= 4 is 0 Å². The molecular formula is C30H52O5. The second kappa shape index (κ2) is 7.68. The normalized spacial score (nSPS) is 57.9. The molecule has 0 spiro atoms. The van der Waals surface area contributed by atoms with E-state index in [2.05, 4.69) is 41.5 Å². The second-order valence-corrected chi connectivity index (χ2v) is 15.6. The smallest absolute Gasteiger partial charge is 0.0865 e. The van der Waals surface area contributed by atoms with Crippen LogP contribution in [0.25, 0.3) is 0 Å². The molecule has 5 heteroatoms. The van der Waals surface area contributed by atoms with Gasteiger partial charge in [0.2, 0.25) is 0 Å². The summed E-state index contributed by atoms with van der Waals surface area (Å²) in [5.74, 6) is 0.722. The Kier molecular flexibility index (Phi) is 5.80. The molecular weight excluding hydrogens is 440 g/mol. The molecule has 0 aromatic carbocycles. The maximum absolute atomic E-state index is 11.9. The average Bonchev–Trinajstić information content (AvgIpc) is 3.30. The average molecular weight is 493 g/mol. The largest absolute Gasteiger partial charge is 0.393 e. The Morgan fingerprint density at radius 2 is 1.46 bits per heavy atom. The SMILES string of the molecule is CC(C)(O)C1CC[C@@](C)(C2CC[C@]3(C)C2C(O)CC2[C@@]4(C)CC[C@H](O)C(C)(C)C4[C@@H](O)C[C@]23C)O1. The fraction of sp³-hybridized carbons (Fsp3) is 1.00. The Morgan fingerprint density at radius 1 is 0.800 bits per heavy atom. The monoisotopic (exact) mass is 492 g/mol. The molecule has 5 nitrogen and oxygen atoms in total. The minimum atomic E-state index is -0.864. The molecule has 5 aliphatic rings. The quantitative estimate of drug-likeness (QED) is 0.449. The van der Waals surface area contributed by atoms with E-state index < -0.39 is 23.9 Å². The van der Waals surface area contributed by atoms with Crippen molar-refractivity contribution < 1.29 is 25.2 Å². The van der Waals surface area contributed by atoms with E-state index in [0.717, 1.165) is 51.4 Å². The van der Waals surface area contributed by atoms with Gasteiger partial charge in [-0.2, -0.15) is 0 Å². The van der Waals surface area contributed by atoms with E-state index in [9.17, 15) is 20.4 Å². The summed E-state index contributed by atoms with van der Waals surface area (Å²) in [6, 6.07) is 0. The number of ether oxygens (including phenoxy) is 1. The summed E-state index contributed by atoms with van der Waals surface area (Å²) in [6.07, 6.45) is 5.61. The minimum Gasteiger partial charge on any atom is -0.393 e. The molecule has 5 rings (SSSR count). The first-order chi connectivity index (χ1) is 15.9. The van der Waals surface area contributed by atoms with Crippen LogP contribution in [0.5, 0.6) is 0 Å². The first-order valence-electron chi connectivity index (χ1n) is 14.4. The van der Waals surface area contributed by atoms with E-state index in [4.69, 9.17) is 4.74 Å². The molecule has 0 radical (unpaired) electrons. The number of aliphatic hydroxyl groups is 4. The van der Waals surface area contributed by atoms with E-state index >= 15 is 0 Å². The lowest BCUT2D eigenvalue weighted by atomic mass is 9.34. The molecule has 0 aromatic rings. The Balaban J connectivity index is 1.51. The van der Waals surface area contributed by atoms with Gasteiger partial charge in [-0.3, -0.25) is 0 Å². The van der Waals surface area contributed by atoms with Gasteiger partial charge in [-0.1, -0.05) is 34.6 Å². The van der Waals surface area contributed by atoms with Crippen LogP contribution < -0.4 is 0 Å². The van der Waals surface area contributed by atoms with Crippen LogP contribution in [0, 0.1) is 45.3 Å². The molecule has 4 aliphatic carbocycles. The van der Waals surface area contributed by atoms with Crippen LogP contribution in [0.15, 0.2) is 0 Å². The zero-order valence-corrected chi connectivity index (χ0v) is 23.5. The van der Waals surface area contributed by atoms with E-state index in [1.54, 1.807) is 0 Å². The molecule has 35 heavy (non-hydrogen) atoms. The van der Waals surface area contributed by atoms with Crippen molar-refractivity contribution in [3.63, 3.8) is 0 Å². The van der Waals surface area contributed by atoms with Gasteiger partial charge >= 0.3 is 0 Å². The van der Waals surface area contributed by atoms with Gasteiger partial charge < -0.3 is 25.2 Å². The second-order valence-electron chi connectivity index (χ2n) is 15.6. The fourth-order valence-corrected chi connectivity index (χ4v) is 11.3. The highest BCUT2D eigenvalue weighted by atomic mass is 16.5. The highest BCUT2D eigenvalue weighted by Crippen LogP contribution is 2.76. The zero-order valence-electron chi connectivity index (χ0n) is 23.5. The summed E-state index contributed by atoms with van der Waals surface area (Å²) in [5, 5.41) is 45.2. The predicted molar refractivity (Wildman–Crippen MR) is 137 cm³/mol. The fourth-order valence-electron chi connectivity index (χ4n) is 11.3. The molecule has 1 saturated heterocycles. The summed E-state index contributed by atoms with van der Waals surface area (Å²) >= 11 is 0. The number of fused-ring (bicyclic) bond motifs is 5. The van der Waals surface area contributed by atoms with Gasteiger partial charge in [0.25, 0.3) is 0 Å². The van der Waals surface area contributed by atoms with Gasteiger partial charge in [0.05, 0.1) is 35.6 Å². The summed E-state index contributed by atoms with van der Waals surface area (Å²) < 4.78 is 6.64. The summed E-state index contributed by atoms with van der Waals surface area (Å²) in [6.45, 7) is 17.3. The van der Waals surface area contributed by atoms with Gasteiger partial charge in [0.15, 0.2) is 0 Å². The van der Waals surface area contributed by atoms with Crippen LogP contribution in [-0.2, 0) is 4.74 Å². The standard InChI is InChI=1S/C30H52O5/c1-25(2)21(33)10-12-27(5)20-15-18(31)23-17(30(8)14-11-22(35-30)26(3,4)34)9-13-28(23,6)29(20,7)16-19(32)24(25)27/h17-24,31-34H,9-16H2,1-8H3/t17?,18?,19-,20?,21-,22?,23?,24?,27+,28+,29+,30-/m0/s1. The molecule has 4 N–H and O–H groups in total. The Hall–Kier alpha value is -0.200. The highest BCUT2D eigenvalue weighted by molar-refractivity contribution is 5.22. The zero-order chi connectivity index (χ0) is 26.0. The molecule has 0 amide bonds. The van der Waals surface area contributed by atoms with Crippen LogP contribution in [0.1, 0.15) is 107 Å². The van der Waals surface area contributed by atoms with E-state index in [0.29, 0.717) is 5.92 Å². The van der Waals surface area contributed by atoms with Crippen molar-refractivity contribution in [3.05, 3.63) is 0 Å². The Morgan fingerprint density at radius 3 is 2.06 bits per heavy atom. The van der Waals surface area contributed by atoms with E-state index in [-0.39, 0.29) is 51.1 Å². The van der Waals surface area contributed by atoms with E-state index in [1.807, 2.05) is 13.8 Å². The number of aliphatic hydroxyl groups excluding tert-OH is 3. The number of hydrogen-bond acceptors (Lipinski definition) is 5. The molecule has 5 fully saturated rings. The molecule has 1 aliphatic heterocycles. The van der Waals surface area contributed by atoms with Crippen LogP contribution >= 0.6 is 0 Å². The van der Waals surface area contributed by atoms with Crippen molar-refractivity contribution in [2.24, 2.45) is 45.3 Å². The lowest BCUT2D eigenvalue weighted by molar-refractivity contribution is -0.275. The highest BCUT2D eigenvalue weighted by Gasteiger charge is 2.73. The van der Waals surface area contributed by atoms with Crippen molar-refractivity contribution in [2.45, 2.75) is 142 Å². The van der Waals surface area contributed by atoms with Crippen molar-refractivity contribution in [3.8, 4) is 0 Å². The van der Waals surface area contributed by atoms with Gasteiger partial charge in [0.1, 0.15) is 0 Å². The third-order valence-electron chi connectivity index (χ3n) is 13.1. The molecule has 1 heterocycles. The molecule has 4 saturated carbocycles. The van der Waals surface area contributed by atoms with Crippen LogP contribution in [0.2, 0.25) is 0 Å². The summed E-state index contributed by atoms with van der Waals surface area (Å²) in [4.78, 5) is 0. The molecule has 0 bridgehead atoms. The van der Waals surface area contributed by atoms with Crippen molar-refractivity contribution in [1.82, 2.24) is 0 Å². The Labute approximate surface area is 213 Å². The molecule has 0 aromatic heterocycles. The van der Waals surface area contributed by atoms with Crippen LogP contribution in [0.4, 0.5) is 0 Å². The summed E-state index contributed by atoms with van der Waals surface area (Å²) in [5.41, 5.74) is -1.83. The van der Waals surface area contributed by atoms with Crippen molar-refractivity contribution in [2.75, 3.05) is 0 Å². The number of rotatable bonds is 2. The van der Waals surface area contributed by atoms with E-state index in [1.165, 1.54) is 0 Å². The van der Waals surface area contributed by atoms with Gasteiger partial charge in [-0.15, -0.1) is 0 Å². The number of hydrogen-bond donors (Lipinski definition) is 4. The maximum Gasteiger partial charge on any atom is 0.0865 e. The van der Waals surface area contributed by atoms with Crippen molar-refractivity contribution in [1.29, 1.82) is 0 Å². The summed E-state index contributed by atoms with van der Waals surface area (Å²) in [7, 11) is 0. The van der Waals surface area contributed by atoms with Gasteiger partial charge in [-0.05, 0) is 117 Å². The molecule has 6 unspecified atom stereocenters. The molecule has 202 valence electrons. The van der Waals surface area contributed by atoms with Crippen LogP contribution in [0.3, 0.4) is 0 Å². The first kappa shape index (κ1) is 26.4. The van der Waals surface area contributed by atoms with Gasteiger partial charge in [-0.25, -0.2) is 0 Å². The maximum atomic E-state index is 11.9.